The van der Waals surface area contributed by atoms with E-state index in [1.165, 1.54) is 4.90 Å². The predicted octanol–water partition coefficient (Wildman–Crippen LogP) is 0.997. The molecule has 0 bridgehead atoms. The molecule has 0 atom stereocenters. The third-order valence-electron chi connectivity index (χ3n) is 3.85. The van der Waals surface area contributed by atoms with Crippen LogP contribution in [0, 0.1) is 0 Å². The lowest BCUT2D eigenvalue weighted by atomic mass is 10.1. The van der Waals surface area contributed by atoms with E-state index in [2.05, 4.69) is 10.9 Å². The van der Waals surface area contributed by atoms with Crippen LogP contribution in [0.4, 0.5) is 0 Å². The molecule has 130 valence electrons. The van der Waals surface area contributed by atoms with Crippen molar-refractivity contribution < 1.29 is 19.1 Å². The van der Waals surface area contributed by atoms with Crippen LogP contribution in [0.2, 0.25) is 0 Å². The molecule has 0 spiro atoms. The quantitative estimate of drug-likeness (QED) is 0.787. The van der Waals surface area contributed by atoms with Gasteiger partial charge in [-0.2, -0.15) is 0 Å². The van der Waals surface area contributed by atoms with Gasteiger partial charge in [-0.15, -0.1) is 0 Å². The summed E-state index contributed by atoms with van der Waals surface area (Å²) in [6.45, 7) is 1.02. The molecule has 0 unspecified atom stereocenters. The van der Waals surface area contributed by atoms with E-state index in [1.54, 1.807) is 31.4 Å². The van der Waals surface area contributed by atoms with Gasteiger partial charge in [-0.1, -0.05) is 18.6 Å². The molecule has 1 aromatic carbocycles. The molecule has 2 rings (SSSR count). The number of carbonyl (C=O) groups excluding carboxylic acids is 3. The number of nitrogens with one attached hydrogen (secondary N) is 2. The minimum Gasteiger partial charge on any atom is -0.380 e. The Hall–Kier alpha value is -2.41. The standard InChI is InChI=1S/C17H23N3O4/c1-24-12-13-6-8-14(9-7-13)17(23)19-18-15(21)11-20-10-4-2-3-5-16(20)22/h6-9H,2-5,10-12H2,1H3,(H,18,21)(H,19,23). The number of amides is 3. The third kappa shape index (κ3) is 5.34. The summed E-state index contributed by atoms with van der Waals surface area (Å²) >= 11 is 0. The highest BCUT2D eigenvalue weighted by Gasteiger charge is 2.19. The molecule has 1 aliphatic rings. The van der Waals surface area contributed by atoms with Crippen LogP contribution in [-0.4, -0.2) is 42.8 Å². The van der Waals surface area contributed by atoms with Gasteiger partial charge in [-0.3, -0.25) is 25.2 Å². The van der Waals surface area contributed by atoms with Gasteiger partial charge < -0.3 is 9.64 Å². The van der Waals surface area contributed by atoms with E-state index in [0.29, 0.717) is 25.1 Å². The Kier molecular flexibility index (Phi) is 6.74. The summed E-state index contributed by atoms with van der Waals surface area (Å²) in [6.07, 6.45) is 3.25. The largest absolute Gasteiger partial charge is 0.380 e. The highest BCUT2D eigenvalue weighted by atomic mass is 16.5. The molecule has 2 N–H and O–H groups in total. The third-order valence-corrected chi connectivity index (χ3v) is 3.85. The molecule has 0 radical (unpaired) electrons. The number of nitrogens with zero attached hydrogens (tertiary/aromatic N) is 1. The first-order valence-electron chi connectivity index (χ1n) is 8.05. The fourth-order valence-corrected chi connectivity index (χ4v) is 2.54. The number of methoxy groups -OCH3 is 1. The summed E-state index contributed by atoms with van der Waals surface area (Å²) in [5.74, 6) is -0.827. The number of hydrazine groups is 1. The summed E-state index contributed by atoms with van der Waals surface area (Å²) in [4.78, 5) is 37.3. The van der Waals surface area contributed by atoms with Gasteiger partial charge in [0, 0.05) is 25.6 Å². The van der Waals surface area contributed by atoms with Crippen molar-refractivity contribution in [1.82, 2.24) is 15.8 Å². The molecule has 0 aliphatic carbocycles. The van der Waals surface area contributed by atoms with Crippen LogP contribution in [0.1, 0.15) is 41.6 Å². The van der Waals surface area contributed by atoms with Crippen molar-refractivity contribution in [3.05, 3.63) is 35.4 Å². The van der Waals surface area contributed by atoms with Crippen molar-refractivity contribution in [2.24, 2.45) is 0 Å². The number of rotatable bonds is 5. The number of hydrogen-bond acceptors (Lipinski definition) is 4. The van der Waals surface area contributed by atoms with Gasteiger partial charge in [-0.05, 0) is 30.5 Å². The maximum Gasteiger partial charge on any atom is 0.269 e. The van der Waals surface area contributed by atoms with Crippen molar-refractivity contribution >= 4 is 17.7 Å². The Labute approximate surface area is 141 Å². The van der Waals surface area contributed by atoms with Crippen LogP contribution in [-0.2, 0) is 20.9 Å². The number of likely N-dealkylation sites (tertiary alicyclic amines) is 1. The van der Waals surface area contributed by atoms with E-state index in [9.17, 15) is 14.4 Å². The fraction of sp³-hybridized carbons (Fsp3) is 0.471. The lowest BCUT2D eigenvalue weighted by Crippen LogP contribution is -2.47. The molecular weight excluding hydrogens is 310 g/mol. The van der Waals surface area contributed by atoms with Crippen molar-refractivity contribution in [2.45, 2.75) is 32.3 Å². The van der Waals surface area contributed by atoms with Gasteiger partial charge in [0.1, 0.15) is 6.54 Å². The van der Waals surface area contributed by atoms with Crippen LogP contribution in [0.3, 0.4) is 0 Å². The molecule has 1 fully saturated rings. The molecule has 1 heterocycles. The molecule has 1 aliphatic heterocycles. The number of ether oxygens (including phenoxy) is 1. The second-order valence-electron chi connectivity index (χ2n) is 5.76. The van der Waals surface area contributed by atoms with E-state index >= 15 is 0 Å². The van der Waals surface area contributed by atoms with Crippen molar-refractivity contribution in [2.75, 3.05) is 20.2 Å². The van der Waals surface area contributed by atoms with Crippen LogP contribution >= 0.6 is 0 Å². The normalized spacial score (nSPS) is 14.9. The molecule has 1 saturated heterocycles. The summed E-state index contributed by atoms with van der Waals surface area (Å²) in [5, 5.41) is 0. The zero-order chi connectivity index (χ0) is 17.4. The van der Waals surface area contributed by atoms with E-state index in [-0.39, 0.29) is 12.5 Å². The Morgan fingerprint density at radius 1 is 1.12 bits per heavy atom. The highest BCUT2D eigenvalue weighted by Crippen LogP contribution is 2.10. The molecular formula is C17H23N3O4. The SMILES string of the molecule is COCc1ccc(C(=O)NNC(=O)CN2CCCCCC2=O)cc1. The first-order chi connectivity index (χ1) is 11.6. The highest BCUT2D eigenvalue weighted by molar-refractivity contribution is 5.95. The van der Waals surface area contributed by atoms with Gasteiger partial charge in [-0.25, -0.2) is 0 Å². The van der Waals surface area contributed by atoms with Crippen molar-refractivity contribution in [1.29, 1.82) is 0 Å². The second kappa shape index (κ2) is 9.02. The molecule has 24 heavy (non-hydrogen) atoms. The van der Waals surface area contributed by atoms with Gasteiger partial charge >= 0.3 is 0 Å². The molecule has 0 aromatic heterocycles. The number of carbonyl (C=O) groups is 3. The smallest absolute Gasteiger partial charge is 0.269 e. The topological polar surface area (TPSA) is 87.7 Å². The van der Waals surface area contributed by atoms with Gasteiger partial charge in [0.2, 0.25) is 5.91 Å². The lowest BCUT2D eigenvalue weighted by Gasteiger charge is -2.19. The average Bonchev–Trinajstić information content (AvgIpc) is 2.78. The zero-order valence-electron chi connectivity index (χ0n) is 13.8. The Morgan fingerprint density at radius 2 is 1.88 bits per heavy atom. The minimum absolute atomic E-state index is 0.0114. The maximum atomic E-state index is 12.0. The molecule has 7 heteroatoms. The monoisotopic (exact) mass is 333 g/mol. The molecule has 0 saturated carbocycles. The summed E-state index contributed by atoms with van der Waals surface area (Å²) in [5.41, 5.74) is 6.10. The van der Waals surface area contributed by atoms with Gasteiger partial charge in [0.05, 0.1) is 6.61 Å². The molecule has 1 aromatic rings. The average molecular weight is 333 g/mol. The fourth-order valence-electron chi connectivity index (χ4n) is 2.54. The first-order valence-corrected chi connectivity index (χ1v) is 8.05. The summed E-state index contributed by atoms with van der Waals surface area (Å²) in [6, 6.07) is 6.90. The van der Waals surface area contributed by atoms with Gasteiger partial charge in [0.15, 0.2) is 0 Å². The van der Waals surface area contributed by atoms with Crippen LogP contribution in [0.5, 0.6) is 0 Å². The summed E-state index contributed by atoms with van der Waals surface area (Å²) < 4.78 is 5.01. The van der Waals surface area contributed by atoms with E-state index in [0.717, 1.165) is 24.8 Å². The van der Waals surface area contributed by atoms with E-state index in [4.69, 9.17) is 4.74 Å². The summed E-state index contributed by atoms with van der Waals surface area (Å²) in [7, 11) is 1.60. The van der Waals surface area contributed by atoms with Crippen molar-refractivity contribution in [3.63, 3.8) is 0 Å². The Morgan fingerprint density at radius 3 is 2.58 bits per heavy atom. The zero-order valence-corrected chi connectivity index (χ0v) is 13.8. The number of benzene rings is 1. The lowest BCUT2D eigenvalue weighted by molar-refractivity contribution is -0.135. The molecule has 7 nitrogen and oxygen atoms in total. The predicted molar refractivity (Wildman–Crippen MR) is 87.8 cm³/mol. The van der Waals surface area contributed by atoms with Gasteiger partial charge in [0.25, 0.3) is 11.8 Å². The Balaban J connectivity index is 1.80. The van der Waals surface area contributed by atoms with Crippen LogP contribution in [0.15, 0.2) is 24.3 Å². The second-order valence-corrected chi connectivity index (χ2v) is 5.76. The Bertz CT molecular complexity index is 586. The van der Waals surface area contributed by atoms with E-state index in [1.807, 2.05) is 0 Å². The maximum absolute atomic E-state index is 12.0. The minimum atomic E-state index is -0.408. The number of hydrogen-bond donors (Lipinski definition) is 2. The van der Waals surface area contributed by atoms with Crippen LogP contribution < -0.4 is 10.9 Å². The van der Waals surface area contributed by atoms with Crippen LogP contribution in [0.25, 0.3) is 0 Å². The van der Waals surface area contributed by atoms with Crippen molar-refractivity contribution in [3.8, 4) is 0 Å². The first kappa shape index (κ1) is 17.9. The van der Waals surface area contributed by atoms with E-state index < -0.39 is 11.8 Å². The molecule has 3 amide bonds.